The molecule has 1 heterocycles. The van der Waals surface area contributed by atoms with Gasteiger partial charge in [0.25, 0.3) is 5.91 Å². The van der Waals surface area contributed by atoms with Crippen molar-refractivity contribution < 1.29 is 14.3 Å². The van der Waals surface area contributed by atoms with Gasteiger partial charge in [-0.3, -0.25) is 4.79 Å². The van der Waals surface area contributed by atoms with Crippen molar-refractivity contribution in [3.05, 3.63) is 17.8 Å². The van der Waals surface area contributed by atoms with Crippen molar-refractivity contribution in [2.75, 3.05) is 13.6 Å². The van der Waals surface area contributed by atoms with Crippen LogP contribution in [0.5, 0.6) is 0 Å². The number of likely N-dealkylation sites (N-methyl/N-ethyl adjacent to an activating group) is 1. The first kappa shape index (κ1) is 10.7. The summed E-state index contributed by atoms with van der Waals surface area (Å²) in [6, 6.07) is 0. The smallest absolute Gasteiger partial charge is 0.291 e. The van der Waals surface area contributed by atoms with Crippen LogP contribution >= 0.6 is 0 Å². The van der Waals surface area contributed by atoms with E-state index < -0.39 is 6.10 Å². The Morgan fingerprint density at radius 3 is 2.86 bits per heavy atom. The van der Waals surface area contributed by atoms with E-state index in [1.54, 1.807) is 20.9 Å². The molecule has 5 nitrogen and oxygen atoms in total. The third-order valence-electron chi connectivity index (χ3n) is 1.82. The first-order valence-corrected chi connectivity index (χ1v) is 4.36. The van der Waals surface area contributed by atoms with Crippen LogP contribution < -0.4 is 0 Å². The number of amides is 1. The SMILES string of the molecule is Cc1ncoc1C(=O)N(C)CC(C)O. The molecule has 0 aromatic carbocycles. The van der Waals surface area contributed by atoms with Gasteiger partial charge in [0.15, 0.2) is 6.39 Å². The third kappa shape index (κ3) is 2.32. The molecule has 0 fully saturated rings. The zero-order chi connectivity index (χ0) is 10.7. The number of aliphatic hydroxyl groups excluding tert-OH is 1. The molecule has 0 spiro atoms. The summed E-state index contributed by atoms with van der Waals surface area (Å²) in [7, 11) is 1.61. The third-order valence-corrected chi connectivity index (χ3v) is 1.82. The number of aliphatic hydroxyl groups is 1. The second-order valence-corrected chi connectivity index (χ2v) is 3.30. The van der Waals surface area contributed by atoms with E-state index in [2.05, 4.69) is 4.98 Å². The summed E-state index contributed by atoms with van der Waals surface area (Å²) >= 11 is 0. The average Bonchev–Trinajstić information content (AvgIpc) is 2.48. The fourth-order valence-electron chi connectivity index (χ4n) is 1.16. The Kier molecular flexibility index (Phi) is 3.24. The Bertz CT molecular complexity index is 320. The topological polar surface area (TPSA) is 66.6 Å². The molecule has 1 aromatic heterocycles. The van der Waals surface area contributed by atoms with Gasteiger partial charge >= 0.3 is 0 Å². The van der Waals surface area contributed by atoms with Crippen molar-refractivity contribution >= 4 is 5.91 Å². The van der Waals surface area contributed by atoms with Crippen molar-refractivity contribution in [2.45, 2.75) is 20.0 Å². The summed E-state index contributed by atoms with van der Waals surface area (Å²) in [5.41, 5.74) is 0.562. The van der Waals surface area contributed by atoms with Gasteiger partial charge in [0, 0.05) is 13.6 Å². The van der Waals surface area contributed by atoms with Crippen molar-refractivity contribution in [1.82, 2.24) is 9.88 Å². The number of carbonyl (C=O) groups is 1. The monoisotopic (exact) mass is 198 g/mol. The van der Waals surface area contributed by atoms with Crippen molar-refractivity contribution in [2.24, 2.45) is 0 Å². The van der Waals surface area contributed by atoms with Crippen molar-refractivity contribution in [1.29, 1.82) is 0 Å². The van der Waals surface area contributed by atoms with Gasteiger partial charge in [-0.05, 0) is 13.8 Å². The summed E-state index contributed by atoms with van der Waals surface area (Å²) in [6.45, 7) is 3.60. The molecule has 5 heteroatoms. The standard InChI is InChI=1S/C9H14N2O3/c1-6(12)4-11(3)9(13)8-7(2)10-5-14-8/h5-6,12H,4H2,1-3H3. The van der Waals surface area contributed by atoms with Gasteiger partial charge in [-0.25, -0.2) is 4.98 Å². The molecular formula is C9H14N2O3. The van der Waals surface area contributed by atoms with Crippen LogP contribution in [-0.4, -0.2) is 40.6 Å². The zero-order valence-electron chi connectivity index (χ0n) is 8.52. The Labute approximate surface area is 82.4 Å². The molecular weight excluding hydrogens is 184 g/mol. The molecule has 78 valence electrons. The summed E-state index contributed by atoms with van der Waals surface area (Å²) in [6.07, 6.45) is 0.686. The van der Waals surface area contributed by atoms with E-state index in [4.69, 9.17) is 9.52 Å². The molecule has 0 bridgehead atoms. The maximum atomic E-state index is 11.6. The lowest BCUT2D eigenvalue weighted by Gasteiger charge is -2.17. The Balaban J connectivity index is 2.71. The average molecular weight is 198 g/mol. The molecule has 0 saturated carbocycles. The van der Waals surface area contributed by atoms with E-state index in [1.807, 2.05) is 0 Å². The number of hydrogen-bond donors (Lipinski definition) is 1. The Hall–Kier alpha value is -1.36. The van der Waals surface area contributed by atoms with E-state index in [-0.39, 0.29) is 18.2 Å². The summed E-state index contributed by atoms with van der Waals surface area (Å²) in [5, 5.41) is 9.10. The van der Waals surface area contributed by atoms with Gasteiger partial charge in [0.05, 0.1) is 11.8 Å². The molecule has 0 saturated heterocycles. The van der Waals surface area contributed by atoms with Crippen molar-refractivity contribution in [3.63, 3.8) is 0 Å². The normalized spacial score (nSPS) is 12.6. The molecule has 0 aliphatic rings. The fourth-order valence-corrected chi connectivity index (χ4v) is 1.16. The largest absolute Gasteiger partial charge is 0.438 e. The van der Waals surface area contributed by atoms with Gasteiger partial charge in [0.1, 0.15) is 0 Å². The lowest BCUT2D eigenvalue weighted by atomic mass is 10.3. The first-order chi connectivity index (χ1) is 6.52. The highest BCUT2D eigenvalue weighted by Crippen LogP contribution is 2.08. The van der Waals surface area contributed by atoms with E-state index in [0.717, 1.165) is 0 Å². The molecule has 0 aliphatic carbocycles. The predicted octanol–water partition coefficient (Wildman–Crippen LogP) is 0.436. The van der Waals surface area contributed by atoms with Gasteiger partial charge in [0.2, 0.25) is 5.76 Å². The lowest BCUT2D eigenvalue weighted by molar-refractivity contribution is 0.0672. The van der Waals surface area contributed by atoms with Crippen LogP contribution in [0.2, 0.25) is 0 Å². The Morgan fingerprint density at radius 2 is 2.43 bits per heavy atom. The number of rotatable bonds is 3. The fraction of sp³-hybridized carbons (Fsp3) is 0.556. The first-order valence-electron chi connectivity index (χ1n) is 4.36. The van der Waals surface area contributed by atoms with Crippen LogP contribution in [0, 0.1) is 6.92 Å². The van der Waals surface area contributed by atoms with E-state index in [1.165, 1.54) is 11.3 Å². The minimum absolute atomic E-state index is 0.230. The molecule has 1 aromatic rings. The molecule has 0 aliphatic heterocycles. The van der Waals surface area contributed by atoms with Crippen LogP contribution in [0.15, 0.2) is 10.8 Å². The van der Waals surface area contributed by atoms with E-state index >= 15 is 0 Å². The number of oxazole rings is 1. The second-order valence-electron chi connectivity index (χ2n) is 3.30. The van der Waals surface area contributed by atoms with Crippen LogP contribution in [0.4, 0.5) is 0 Å². The number of hydrogen-bond acceptors (Lipinski definition) is 4. The lowest BCUT2D eigenvalue weighted by Crippen LogP contribution is -2.33. The summed E-state index contributed by atoms with van der Waals surface area (Å²) in [4.78, 5) is 16.9. The van der Waals surface area contributed by atoms with E-state index in [0.29, 0.717) is 5.69 Å². The zero-order valence-corrected chi connectivity index (χ0v) is 8.52. The molecule has 1 unspecified atom stereocenters. The number of aryl methyl sites for hydroxylation is 1. The van der Waals surface area contributed by atoms with Gasteiger partial charge in [-0.2, -0.15) is 0 Å². The number of carbonyl (C=O) groups excluding carboxylic acids is 1. The second kappa shape index (κ2) is 4.23. The van der Waals surface area contributed by atoms with Crippen LogP contribution in [0.3, 0.4) is 0 Å². The van der Waals surface area contributed by atoms with Crippen LogP contribution in [0.1, 0.15) is 23.2 Å². The Morgan fingerprint density at radius 1 is 1.79 bits per heavy atom. The molecule has 1 rings (SSSR count). The summed E-state index contributed by atoms with van der Waals surface area (Å²) in [5.74, 6) is -0.0333. The van der Waals surface area contributed by atoms with Crippen LogP contribution in [0.25, 0.3) is 0 Å². The highest BCUT2D eigenvalue weighted by atomic mass is 16.3. The summed E-state index contributed by atoms with van der Waals surface area (Å²) < 4.78 is 4.94. The molecule has 1 amide bonds. The van der Waals surface area contributed by atoms with Gasteiger partial charge in [-0.1, -0.05) is 0 Å². The molecule has 1 atom stereocenters. The highest BCUT2D eigenvalue weighted by molar-refractivity contribution is 5.92. The van der Waals surface area contributed by atoms with Gasteiger partial charge in [-0.15, -0.1) is 0 Å². The molecule has 0 radical (unpaired) electrons. The number of nitrogens with zero attached hydrogens (tertiary/aromatic N) is 2. The highest BCUT2D eigenvalue weighted by Gasteiger charge is 2.19. The minimum Gasteiger partial charge on any atom is -0.438 e. The van der Waals surface area contributed by atoms with E-state index in [9.17, 15) is 4.79 Å². The van der Waals surface area contributed by atoms with Gasteiger partial charge < -0.3 is 14.4 Å². The predicted molar refractivity (Wildman–Crippen MR) is 49.9 cm³/mol. The van der Waals surface area contributed by atoms with Crippen LogP contribution in [-0.2, 0) is 0 Å². The molecule has 1 N–H and O–H groups in total. The number of aromatic nitrogens is 1. The molecule has 14 heavy (non-hydrogen) atoms. The quantitative estimate of drug-likeness (QED) is 0.765. The minimum atomic E-state index is -0.549. The maximum Gasteiger partial charge on any atom is 0.291 e. The van der Waals surface area contributed by atoms with Crippen molar-refractivity contribution in [3.8, 4) is 0 Å². The maximum absolute atomic E-state index is 11.6.